The van der Waals surface area contributed by atoms with Gasteiger partial charge in [0.25, 0.3) is 0 Å². The summed E-state index contributed by atoms with van der Waals surface area (Å²) in [7, 11) is 9.38. The average molecular weight is 226 g/mol. The number of hydroxylamine groups is 2. The van der Waals surface area contributed by atoms with E-state index in [1.807, 2.05) is 0 Å². The third-order valence-electron chi connectivity index (χ3n) is 1.55. The van der Waals surface area contributed by atoms with Gasteiger partial charge < -0.3 is 22.2 Å². The minimum Gasteiger partial charge on any atom is -1.00 e. The fourth-order valence-corrected chi connectivity index (χ4v) is 0.668. The van der Waals surface area contributed by atoms with Gasteiger partial charge in [0.15, 0.2) is 0 Å². The number of amides is 2. The van der Waals surface area contributed by atoms with E-state index in [2.05, 4.69) is 26.5 Å². The van der Waals surface area contributed by atoms with Gasteiger partial charge in [-0.05, 0) is 0 Å². The van der Waals surface area contributed by atoms with E-state index in [0.29, 0.717) is 6.61 Å². The molecule has 0 saturated heterocycles. The summed E-state index contributed by atoms with van der Waals surface area (Å²) in [6, 6.07) is -0.235. The van der Waals surface area contributed by atoms with Gasteiger partial charge >= 0.3 is 6.03 Å². The number of urea groups is 1. The Hall–Kier alpha value is -0.520. The minimum absolute atomic E-state index is 0. The van der Waals surface area contributed by atoms with Gasteiger partial charge in [-0.25, -0.2) is 9.86 Å². The van der Waals surface area contributed by atoms with Gasteiger partial charge in [0.2, 0.25) is 0 Å². The summed E-state index contributed by atoms with van der Waals surface area (Å²) in [4.78, 5) is 16.1. The van der Waals surface area contributed by atoms with Crippen LogP contribution in [0.5, 0.6) is 0 Å². The number of halogens is 1. The lowest BCUT2D eigenvalue weighted by atomic mass is 10.5. The SMILES string of the molecule is CNC(=O)N(C)OCC[N+](C)(C)C.[Cl-]. The summed E-state index contributed by atoms with van der Waals surface area (Å²) < 4.78 is 0.821. The number of carbonyl (C=O) groups excluding carboxylic acids is 1. The highest BCUT2D eigenvalue weighted by Crippen LogP contribution is 1.92. The highest BCUT2D eigenvalue weighted by molar-refractivity contribution is 5.72. The van der Waals surface area contributed by atoms with Crippen LogP contribution in [-0.4, -0.2) is 64.0 Å². The molecule has 0 aromatic rings. The lowest BCUT2D eigenvalue weighted by Crippen LogP contribution is -3.00. The summed E-state index contributed by atoms with van der Waals surface area (Å²) >= 11 is 0. The molecule has 86 valence electrons. The molecule has 1 N–H and O–H groups in total. The number of quaternary nitrogens is 1. The number of rotatable bonds is 4. The van der Waals surface area contributed by atoms with Crippen LogP contribution in [0.25, 0.3) is 0 Å². The quantitative estimate of drug-likeness (QED) is 0.407. The zero-order valence-corrected chi connectivity index (χ0v) is 10.3. The standard InChI is InChI=1S/C8H19N3O2.ClH/c1-9-8(12)10(2)13-7-6-11(3,4)5;/h6-7H2,1-5H3;1H. The summed E-state index contributed by atoms with van der Waals surface area (Å²) in [5.41, 5.74) is 0. The van der Waals surface area contributed by atoms with Gasteiger partial charge in [0.05, 0.1) is 21.1 Å². The Morgan fingerprint density at radius 3 is 2.29 bits per heavy atom. The zero-order chi connectivity index (χ0) is 10.5. The summed E-state index contributed by atoms with van der Waals surface area (Å²) in [6.07, 6.45) is 0. The minimum atomic E-state index is -0.235. The fraction of sp³-hybridized carbons (Fsp3) is 0.875. The van der Waals surface area contributed by atoms with Gasteiger partial charge in [0.1, 0.15) is 13.2 Å². The maximum Gasteiger partial charge on any atom is 0.340 e. The Labute approximate surface area is 92.0 Å². The molecule has 6 heteroatoms. The Bertz CT molecular complexity index is 170. The molecule has 0 radical (unpaired) electrons. The molecule has 0 aliphatic carbocycles. The van der Waals surface area contributed by atoms with Crippen LogP contribution in [0.3, 0.4) is 0 Å². The third-order valence-corrected chi connectivity index (χ3v) is 1.55. The summed E-state index contributed by atoms with van der Waals surface area (Å²) in [6.45, 7) is 1.40. The molecule has 0 heterocycles. The van der Waals surface area contributed by atoms with Crippen LogP contribution in [-0.2, 0) is 4.84 Å². The molecule has 0 spiro atoms. The topological polar surface area (TPSA) is 41.6 Å². The van der Waals surface area contributed by atoms with Gasteiger partial charge in [-0.15, -0.1) is 0 Å². The van der Waals surface area contributed by atoms with Crippen molar-refractivity contribution in [3.8, 4) is 0 Å². The van der Waals surface area contributed by atoms with Crippen molar-refractivity contribution in [2.45, 2.75) is 0 Å². The molecule has 0 bridgehead atoms. The molecule has 0 unspecified atom stereocenters. The molecule has 0 fully saturated rings. The van der Waals surface area contributed by atoms with Crippen molar-refractivity contribution >= 4 is 6.03 Å². The third kappa shape index (κ3) is 8.10. The van der Waals surface area contributed by atoms with E-state index in [0.717, 1.165) is 11.0 Å². The number of hydrogen-bond donors (Lipinski definition) is 1. The van der Waals surface area contributed by atoms with E-state index >= 15 is 0 Å². The van der Waals surface area contributed by atoms with Crippen LogP contribution < -0.4 is 17.7 Å². The van der Waals surface area contributed by atoms with Crippen LogP contribution >= 0.6 is 0 Å². The lowest BCUT2D eigenvalue weighted by molar-refractivity contribution is -0.871. The van der Waals surface area contributed by atoms with Crippen molar-refractivity contribution in [1.29, 1.82) is 0 Å². The second-order valence-electron chi connectivity index (χ2n) is 3.90. The molecule has 0 aliphatic rings. The maximum absolute atomic E-state index is 11.0. The number of carbonyl (C=O) groups is 1. The van der Waals surface area contributed by atoms with Crippen molar-refractivity contribution in [3.63, 3.8) is 0 Å². The molecule has 0 atom stereocenters. The molecule has 0 aromatic carbocycles. The normalized spacial score (nSPS) is 10.4. The average Bonchev–Trinajstić information content (AvgIpc) is 2.00. The molecule has 0 aromatic heterocycles. The number of nitrogens with one attached hydrogen (secondary N) is 1. The van der Waals surface area contributed by atoms with E-state index in [9.17, 15) is 4.79 Å². The molecular weight excluding hydrogens is 206 g/mol. The highest BCUT2D eigenvalue weighted by atomic mass is 35.5. The smallest absolute Gasteiger partial charge is 0.340 e. The fourth-order valence-electron chi connectivity index (χ4n) is 0.668. The molecule has 2 amide bonds. The van der Waals surface area contributed by atoms with Gasteiger partial charge in [-0.3, -0.25) is 4.84 Å². The van der Waals surface area contributed by atoms with E-state index in [4.69, 9.17) is 4.84 Å². The second-order valence-corrected chi connectivity index (χ2v) is 3.90. The summed E-state index contributed by atoms with van der Waals surface area (Å²) in [5, 5.41) is 3.67. The van der Waals surface area contributed by atoms with Crippen molar-refractivity contribution in [1.82, 2.24) is 10.4 Å². The first-order valence-corrected chi connectivity index (χ1v) is 4.25. The van der Waals surface area contributed by atoms with Gasteiger partial charge in [-0.2, -0.15) is 0 Å². The molecule has 0 aliphatic heterocycles. The van der Waals surface area contributed by atoms with Crippen molar-refractivity contribution in [2.75, 3.05) is 48.4 Å². The second kappa shape index (κ2) is 6.86. The lowest BCUT2D eigenvalue weighted by Gasteiger charge is -2.25. The zero-order valence-electron chi connectivity index (χ0n) is 9.50. The largest absolute Gasteiger partial charge is 1.00 e. The first kappa shape index (κ1) is 15.9. The van der Waals surface area contributed by atoms with Crippen molar-refractivity contribution in [2.24, 2.45) is 0 Å². The number of likely N-dealkylation sites (N-methyl/N-ethyl adjacent to an activating group) is 1. The number of hydrogen-bond acceptors (Lipinski definition) is 2. The van der Waals surface area contributed by atoms with Crippen LogP contribution in [0.2, 0.25) is 0 Å². The van der Waals surface area contributed by atoms with Gasteiger partial charge in [0, 0.05) is 14.1 Å². The Morgan fingerprint density at radius 2 is 1.93 bits per heavy atom. The first-order valence-electron chi connectivity index (χ1n) is 4.25. The summed E-state index contributed by atoms with van der Waals surface area (Å²) in [5.74, 6) is 0. The highest BCUT2D eigenvalue weighted by Gasteiger charge is 2.10. The first-order chi connectivity index (χ1) is 5.87. The van der Waals surface area contributed by atoms with E-state index in [1.54, 1.807) is 14.1 Å². The van der Waals surface area contributed by atoms with Crippen LogP contribution in [0, 0.1) is 0 Å². The van der Waals surface area contributed by atoms with E-state index in [-0.39, 0.29) is 18.4 Å². The van der Waals surface area contributed by atoms with E-state index in [1.165, 1.54) is 5.06 Å². The Morgan fingerprint density at radius 1 is 1.43 bits per heavy atom. The van der Waals surface area contributed by atoms with Gasteiger partial charge in [-0.1, -0.05) is 0 Å². The molecule has 14 heavy (non-hydrogen) atoms. The molecule has 0 saturated carbocycles. The molecule has 5 nitrogen and oxygen atoms in total. The van der Waals surface area contributed by atoms with Crippen molar-refractivity contribution in [3.05, 3.63) is 0 Å². The van der Waals surface area contributed by atoms with Crippen LogP contribution in [0.15, 0.2) is 0 Å². The van der Waals surface area contributed by atoms with Crippen molar-refractivity contribution < 1.29 is 26.5 Å². The maximum atomic E-state index is 11.0. The Kier molecular flexibility index (Phi) is 7.81. The predicted molar refractivity (Wildman–Crippen MR) is 51.1 cm³/mol. The van der Waals surface area contributed by atoms with E-state index < -0.39 is 0 Å². The molecule has 0 rings (SSSR count). The predicted octanol–water partition coefficient (Wildman–Crippen LogP) is -3.10. The molecular formula is C8H20ClN3O2. The van der Waals surface area contributed by atoms with Crippen LogP contribution in [0.4, 0.5) is 4.79 Å². The Balaban J connectivity index is 0. The van der Waals surface area contributed by atoms with Crippen LogP contribution in [0.1, 0.15) is 0 Å². The monoisotopic (exact) mass is 225 g/mol. The number of nitrogens with zero attached hydrogens (tertiary/aromatic N) is 2.